The zero-order chi connectivity index (χ0) is 28.0. The van der Waals surface area contributed by atoms with E-state index in [4.69, 9.17) is 14.2 Å². The summed E-state index contributed by atoms with van der Waals surface area (Å²) in [4.78, 5) is 36.4. The number of carbonyl (C=O) groups is 3. The molecule has 0 spiro atoms. The van der Waals surface area contributed by atoms with Gasteiger partial charge in [0.25, 0.3) is 0 Å². The molecule has 3 rings (SSSR count). The Kier molecular flexibility index (Phi) is 8.61. The summed E-state index contributed by atoms with van der Waals surface area (Å²) in [6.45, 7) is 0. The molecule has 38 heavy (non-hydrogen) atoms. The molecule has 0 unspecified atom stereocenters. The number of rotatable bonds is 8. The molecule has 12 heteroatoms. The summed E-state index contributed by atoms with van der Waals surface area (Å²) in [6, 6.07) is 8.11. The number of esters is 2. The van der Waals surface area contributed by atoms with Gasteiger partial charge in [-0.25, -0.2) is 14.4 Å². The Balaban J connectivity index is 1.70. The Hall–Kier alpha value is -4.55. The molecule has 2 aromatic rings. The monoisotopic (exact) mass is 530 g/mol. The van der Waals surface area contributed by atoms with Crippen LogP contribution in [0, 0.1) is 0 Å². The maximum atomic E-state index is 12.4. The first-order valence-electron chi connectivity index (χ1n) is 11.2. The predicted octanol–water partition coefficient (Wildman–Crippen LogP) is 1.33. The molecule has 1 aliphatic carbocycles. The number of carbonyl (C=O) groups excluding carboxylic acids is 2. The van der Waals surface area contributed by atoms with Crippen LogP contribution in [-0.4, -0.2) is 79.6 Å². The molecule has 0 amide bonds. The fourth-order valence-electron chi connectivity index (χ4n) is 3.79. The van der Waals surface area contributed by atoms with Crippen molar-refractivity contribution in [1.82, 2.24) is 0 Å². The third-order valence-electron chi connectivity index (χ3n) is 5.80. The molecular formula is C26H26O12. The molecule has 6 N–H and O–H groups in total. The van der Waals surface area contributed by atoms with E-state index in [-0.39, 0.29) is 17.2 Å². The highest BCUT2D eigenvalue weighted by Gasteiger charge is 2.52. The molecule has 0 heterocycles. The molecule has 1 saturated carbocycles. The number of aromatic hydroxyl groups is 3. The van der Waals surface area contributed by atoms with Crippen molar-refractivity contribution < 1.29 is 59.2 Å². The molecule has 4 atom stereocenters. The van der Waals surface area contributed by atoms with Gasteiger partial charge in [0, 0.05) is 25.0 Å². The first-order chi connectivity index (χ1) is 17.9. The zero-order valence-electron chi connectivity index (χ0n) is 20.1. The maximum Gasteiger partial charge on any atom is 0.335 e. The van der Waals surface area contributed by atoms with Gasteiger partial charge in [0.1, 0.15) is 18.3 Å². The van der Waals surface area contributed by atoms with Crippen molar-refractivity contribution in [3.63, 3.8) is 0 Å². The van der Waals surface area contributed by atoms with Crippen molar-refractivity contribution in [2.45, 2.75) is 36.8 Å². The van der Waals surface area contributed by atoms with E-state index in [1.54, 1.807) is 6.07 Å². The molecule has 202 valence electrons. The minimum Gasteiger partial charge on any atom is -0.504 e. The van der Waals surface area contributed by atoms with E-state index in [0.29, 0.717) is 11.1 Å². The summed E-state index contributed by atoms with van der Waals surface area (Å²) in [7, 11) is 1.37. The maximum absolute atomic E-state index is 12.4. The van der Waals surface area contributed by atoms with Crippen LogP contribution in [0.3, 0.4) is 0 Å². The summed E-state index contributed by atoms with van der Waals surface area (Å²) in [5, 5.41) is 59.4. The second kappa shape index (κ2) is 11.7. The first kappa shape index (κ1) is 28.0. The number of aliphatic hydroxyl groups is 2. The highest BCUT2D eigenvalue weighted by molar-refractivity contribution is 5.88. The normalized spacial score (nSPS) is 23.3. The van der Waals surface area contributed by atoms with Crippen molar-refractivity contribution in [2.24, 2.45) is 0 Å². The van der Waals surface area contributed by atoms with Gasteiger partial charge < -0.3 is 44.8 Å². The standard InChI is InChI=1S/C26H26O12/c1-36-19-7-3-15(11-18(19)29)5-9-23(31)38-21-13-26(35,25(33)34)12-20(24(21)32)37-22(30)8-4-14-2-6-16(27)17(28)10-14/h2-11,20-21,24,27-29,32,35H,12-13H2,1H3,(H,33,34)/t20-,21-,24-,26+/m1/s1. The quantitative estimate of drug-likeness (QED) is 0.163. The number of hydrogen-bond acceptors (Lipinski definition) is 11. The number of carboxylic acids is 1. The Morgan fingerprint density at radius 2 is 1.34 bits per heavy atom. The predicted molar refractivity (Wildman–Crippen MR) is 130 cm³/mol. The lowest BCUT2D eigenvalue weighted by Crippen LogP contribution is -2.58. The number of phenolic OH excluding ortho intramolecular Hbond substituents is 3. The SMILES string of the molecule is COc1ccc(C=CC(=O)O[C@@H]2C[C@](O)(C(=O)O)C[C@@H](OC(=O)C=Cc3ccc(O)c(O)c3)[C@H]2O)cc1O. The van der Waals surface area contributed by atoms with Crippen LogP contribution >= 0.6 is 0 Å². The number of aliphatic carboxylic acids is 1. The van der Waals surface area contributed by atoms with E-state index < -0.39 is 60.4 Å². The van der Waals surface area contributed by atoms with Crippen molar-refractivity contribution >= 4 is 30.1 Å². The minimum absolute atomic E-state index is 0.168. The summed E-state index contributed by atoms with van der Waals surface area (Å²) in [5.74, 6) is -4.39. The molecular weight excluding hydrogens is 504 g/mol. The molecule has 12 nitrogen and oxygen atoms in total. The highest BCUT2D eigenvalue weighted by Crippen LogP contribution is 2.33. The number of benzene rings is 2. The van der Waals surface area contributed by atoms with Crippen LogP contribution in [0.5, 0.6) is 23.0 Å². The molecule has 1 aliphatic rings. The molecule has 0 saturated heterocycles. The second-order valence-electron chi connectivity index (χ2n) is 8.53. The van der Waals surface area contributed by atoms with Crippen LogP contribution in [0.25, 0.3) is 12.2 Å². The lowest BCUT2D eigenvalue weighted by atomic mass is 9.79. The van der Waals surface area contributed by atoms with Crippen LogP contribution in [0.15, 0.2) is 48.6 Å². The van der Waals surface area contributed by atoms with Gasteiger partial charge >= 0.3 is 17.9 Å². The van der Waals surface area contributed by atoms with E-state index in [2.05, 4.69) is 0 Å². The van der Waals surface area contributed by atoms with Crippen molar-refractivity contribution in [3.8, 4) is 23.0 Å². The fraction of sp³-hybridized carbons (Fsp3) is 0.269. The van der Waals surface area contributed by atoms with Crippen LogP contribution in [-0.2, 0) is 23.9 Å². The average molecular weight is 530 g/mol. The van der Waals surface area contributed by atoms with Crippen LogP contribution in [0.2, 0.25) is 0 Å². The average Bonchev–Trinajstić information content (AvgIpc) is 2.86. The number of phenols is 3. The molecule has 0 bridgehead atoms. The molecule has 1 fully saturated rings. The van der Waals surface area contributed by atoms with E-state index in [0.717, 1.165) is 12.2 Å². The van der Waals surface area contributed by atoms with Gasteiger partial charge in [-0.3, -0.25) is 0 Å². The van der Waals surface area contributed by atoms with Gasteiger partial charge in [-0.2, -0.15) is 0 Å². The van der Waals surface area contributed by atoms with Gasteiger partial charge in [-0.05, 0) is 47.5 Å². The molecule has 0 radical (unpaired) electrons. The zero-order valence-corrected chi connectivity index (χ0v) is 20.1. The van der Waals surface area contributed by atoms with E-state index in [1.165, 1.54) is 49.6 Å². The van der Waals surface area contributed by atoms with Crippen molar-refractivity contribution in [2.75, 3.05) is 7.11 Å². The van der Waals surface area contributed by atoms with Crippen molar-refractivity contribution in [1.29, 1.82) is 0 Å². The first-order valence-corrected chi connectivity index (χ1v) is 11.2. The van der Waals surface area contributed by atoms with Gasteiger partial charge in [0.05, 0.1) is 7.11 Å². The van der Waals surface area contributed by atoms with Gasteiger partial charge in [-0.1, -0.05) is 12.1 Å². The lowest BCUT2D eigenvalue weighted by Gasteiger charge is -2.40. The number of ether oxygens (including phenoxy) is 3. The Morgan fingerprint density at radius 1 is 0.842 bits per heavy atom. The van der Waals surface area contributed by atoms with Crippen LogP contribution in [0.1, 0.15) is 24.0 Å². The highest BCUT2D eigenvalue weighted by atomic mass is 16.6. The van der Waals surface area contributed by atoms with Crippen molar-refractivity contribution in [3.05, 3.63) is 59.7 Å². The molecule has 2 aromatic carbocycles. The number of carboxylic acid groups (broad SMARTS) is 1. The largest absolute Gasteiger partial charge is 0.504 e. The van der Waals surface area contributed by atoms with Crippen LogP contribution in [0.4, 0.5) is 0 Å². The summed E-state index contributed by atoms with van der Waals surface area (Å²) in [5.41, 5.74) is -1.73. The summed E-state index contributed by atoms with van der Waals surface area (Å²) >= 11 is 0. The van der Waals surface area contributed by atoms with Gasteiger partial charge in [-0.15, -0.1) is 0 Å². The van der Waals surface area contributed by atoms with Gasteiger partial charge in [0.2, 0.25) is 0 Å². The number of hydrogen-bond donors (Lipinski definition) is 6. The van der Waals surface area contributed by atoms with E-state index in [9.17, 15) is 45.0 Å². The minimum atomic E-state index is -2.47. The third kappa shape index (κ3) is 6.81. The number of aliphatic hydroxyl groups excluding tert-OH is 1. The Morgan fingerprint density at radius 3 is 1.79 bits per heavy atom. The van der Waals surface area contributed by atoms with Gasteiger partial charge in [0.15, 0.2) is 28.6 Å². The lowest BCUT2D eigenvalue weighted by molar-refractivity contribution is -0.203. The topological polar surface area (TPSA) is 200 Å². The van der Waals surface area contributed by atoms with E-state index in [1.807, 2.05) is 0 Å². The fourth-order valence-corrected chi connectivity index (χ4v) is 3.79. The third-order valence-corrected chi connectivity index (χ3v) is 5.80. The molecule has 0 aromatic heterocycles. The molecule has 0 aliphatic heterocycles. The second-order valence-corrected chi connectivity index (χ2v) is 8.53. The van der Waals surface area contributed by atoms with E-state index >= 15 is 0 Å². The Labute approximate surface area is 216 Å². The smallest absolute Gasteiger partial charge is 0.335 e. The van der Waals surface area contributed by atoms with Crippen LogP contribution < -0.4 is 4.74 Å². The number of methoxy groups -OCH3 is 1. The summed E-state index contributed by atoms with van der Waals surface area (Å²) < 4.78 is 15.2. The Bertz CT molecular complexity index is 1270. The summed E-state index contributed by atoms with van der Waals surface area (Å²) in [6.07, 6.45) is -1.64.